The van der Waals surface area contributed by atoms with Crippen LogP contribution in [-0.4, -0.2) is 0 Å². The number of alkyl halides is 1. The van der Waals surface area contributed by atoms with Gasteiger partial charge in [-0.25, -0.2) is 0 Å². The van der Waals surface area contributed by atoms with Gasteiger partial charge >= 0.3 is 0 Å². The first-order valence-electron chi connectivity index (χ1n) is 5.73. The quantitative estimate of drug-likeness (QED) is 0.649. The van der Waals surface area contributed by atoms with E-state index >= 15 is 0 Å². The molecule has 1 heterocycles. The van der Waals surface area contributed by atoms with Crippen molar-refractivity contribution in [3.63, 3.8) is 0 Å². The minimum Gasteiger partial charge on any atom is -0.144 e. The zero-order valence-electron chi connectivity index (χ0n) is 9.72. The molecule has 1 fully saturated rings. The van der Waals surface area contributed by atoms with Gasteiger partial charge < -0.3 is 0 Å². The predicted molar refractivity (Wildman–Crippen MR) is 72.0 cm³/mol. The van der Waals surface area contributed by atoms with Crippen LogP contribution in [0.3, 0.4) is 0 Å². The fourth-order valence-electron chi connectivity index (χ4n) is 1.87. The highest BCUT2D eigenvalue weighted by Gasteiger charge is 2.28. The maximum Gasteiger partial charge on any atom is 0.0517 e. The molecule has 0 aliphatic heterocycles. The molecule has 0 radical (unpaired) electrons. The summed E-state index contributed by atoms with van der Waals surface area (Å²) in [6.45, 7) is 6.86. The second-order valence-corrected chi connectivity index (χ2v) is 7.65. The van der Waals surface area contributed by atoms with E-state index in [2.05, 4.69) is 48.8 Å². The fraction of sp³-hybridized carbons (Fsp3) is 0.692. The third-order valence-electron chi connectivity index (χ3n) is 3.20. The molecule has 1 aromatic rings. The van der Waals surface area contributed by atoms with Crippen molar-refractivity contribution in [2.75, 3.05) is 0 Å². The molecule has 1 aliphatic rings. The predicted octanol–water partition coefficient (Wildman–Crippen LogP) is 5.28. The summed E-state index contributed by atoms with van der Waals surface area (Å²) in [4.78, 5) is 3.62. The first-order valence-corrected chi connectivity index (χ1v) is 7.46. The van der Waals surface area contributed by atoms with Crippen molar-refractivity contribution < 1.29 is 0 Å². The molecule has 84 valence electrons. The number of rotatable bonds is 2. The van der Waals surface area contributed by atoms with Crippen molar-refractivity contribution in [1.29, 1.82) is 0 Å². The van der Waals surface area contributed by atoms with Gasteiger partial charge in [0.25, 0.3) is 0 Å². The van der Waals surface area contributed by atoms with Crippen molar-refractivity contribution >= 4 is 27.3 Å². The summed E-state index contributed by atoms with van der Waals surface area (Å²) in [5.74, 6) is 0.886. The van der Waals surface area contributed by atoms with E-state index in [1.807, 2.05) is 11.3 Å². The second-order valence-electron chi connectivity index (χ2n) is 5.54. The van der Waals surface area contributed by atoms with Crippen LogP contribution in [0, 0.1) is 5.92 Å². The van der Waals surface area contributed by atoms with Gasteiger partial charge in [0.15, 0.2) is 0 Å². The molecule has 2 rings (SSSR count). The lowest BCUT2D eigenvalue weighted by Gasteiger charge is -2.29. The molecule has 1 saturated carbocycles. The Bertz CT molecular complexity index is 331. The Kier molecular flexibility index (Phi) is 3.27. The highest BCUT2D eigenvalue weighted by atomic mass is 79.9. The van der Waals surface area contributed by atoms with E-state index in [0.717, 1.165) is 5.92 Å². The van der Waals surface area contributed by atoms with E-state index in [-0.39, 0.29) is 0 Å². The smallest absolute Gasteiger partial charge is 0.0517 e. The van der Waals surface area contributed by atoms with E-state index in [1.54, 1.807) is 0 Å². The summed E-state index contributed by atoms with van der Waals surface area (Å²) < 4.78 is 0. The van der Waals surface area contributed by atoms with Crippen molar-refractivity contribution in [2.45, 2.75) is 50.3 Å². The lowest BCUT2D eigenvalue weighted by atomic mass is 9.82. The second kappa shape index (κ2) is 4.21. The molecule has 1 aliphatic carbocycles. The SMILES string of the molecule is CC(C)(C)c1ccc(C(Br)C2CCC2)s1. The number of hydrogen-bond donors (Lipinski definition) is 0. The molecule has 0 spiro atoms. The van der Waals surface area contributed by atoms with Crippen LogP contribution < -0.4 is 0 Å². The molecule has 0 amide bonds. The van der Waals surface area contributed by atoms with Gasteiger partial charge in [-0.3, -0.25) is 0 Å². The molecule has 1 unspecified atom stereocenters. The highest BCUT2D eigenvalue weighted by molar-refractivity contribution is 9.09. The van der Waals surface area contributed by atoms with Crippen molar-refractivity contribution in [3.05, 3.63) is 21.9 Å². The third kappa shape index (κ3) is 2.47. The maximum atomic E-state index is 3.85. The van der Waals surface area contributed by atoms with Gasteiger partial charge in [0.1, 0.15) is 0 Å². The van der Waals surface area contributed by atoms with Crippen molar-refractivity contribution in [2.24, 2.45) is 5.92 Å². The zero-order valence-corrected chi connectivity index (χ0v) is 12.1. The van der Waals surface area contributed by atoms with E-state index in [1.165, 1.54) is 29.0 Å². The van der Waals surface area contributed by atoms with Crippen LogP contribution in [0.4, 0.5) is 0 Å². The van der Waals surface area contributed by atoms with Gasteiger partial charge in [0.2, 0.25) is 0 Å². The molecule has 0 bridgehead atoms. The Labute approximate surface area is 105 Å². The molecule has 15 heavy (non-hydrogen) atoms. The van der Waals surface area contributed by atoms with Crippen LogP contribution in [0.1, 0.15) is 54.6 Å². The first-order chi connectivity index (χ1) is 6.98. The van der Waals surface area contributed by atoms with E-state index in [4.69, 9.17) is 0 Å². The van der Waals surface area contributed by atoms with E-state index in [9.17, 15) is 0 Å². The summed E-state index contributed by atoms with van der Waals surface area (Å²) in [5.41, 5.74) is 0.301. The summed E-state index contributed by atoms with van der Waals surface area (Å²) in [6.07, 6.45) is 4.22. The maximum absolute atomic E-state index is 3.85. The van der Waals surface area contributed by atoms with Crippen LogP contribution in [-0.2, 0) is 5.41 Å². The number of halogens is 1. The lowest BCUT2D eigenvalue weighted by molar-refractivity contribution is 0.314. The van der Waals surface area contributed by atoms with Crippen LogP contribution in [0.2, 0.25) is 0 Å². The van der Waals surface area contributed by atoms with Gasteiger partial charge in [-0.2, -0.15) is 0 Å². The number of hydrogen-bond acceptors (Lipinski definition) is 1. The van der Waals surface area contributed by atoms with E-state index in [0.29, 0.717) is 10.2 Å². The summed E-state index contributed by atoms with van der Waals surface area (Å²) in [6, 6.07) is 4.61. The topological polar surface area (TPSA) is 0 Å². The average molecular weight is 287 g/mol. The molecule has 2 heteroatoms. The first kappa shape index (κ1) is 11.7. The van der Waals surface area contributed by atoms with Gasteiger partial charge in [-0.05, 0) is 36.3 Å². The largest absolute Gasteiger partial charge is 0.144 e. The highest BCUT2D eigenvalue weighted by Crippen LogP contribution is 2.46. The Morgan fingerprint density at radius 2 is 2.00 bits per heavy atom. The van der Waals surface area contributed by atoms with Crippen LogP contribution >= 0.6 is 27.3 Å². The fourth-order valence-corrected chi connectivity index (χ4v) is 3.97. The Morgan fingerprint density at radius 1 is 1.33 bits per heavy atom. The van der Waals surface area contributed by atoms with Crippen LogP contribution in [0.15, 0.2) is 12.1 Å². The van der Waals surface area contributed by atoms with Gasteiger partial charge in [-0.15, -0.1) is 11.3 Å². The van der Waals surface area contributed by atoms with Crippen LogP contribution in [0.25, 0.3) is 0 Å². The Balaban J connectivity index is 2.12. The van der Waals surface area contributed by atoms with Gasteiger partial charge in [-0.1, -0.05) is 43.1 Å². The molecule has 1 aromatic heterocycles. The van der Waals surface area contributed by atoms with Crippen molar-refractivity contribution in [3.8, 4) is 0 Å². The molecular weight excluding hydrogens is 268 g/mol. The molecule has 0 nitrogen and oxygen atoms in total. The molecular formula is C13H19BrS. The lowest BCUT2D eigenvalue weighted by Crippen LogP contribution is -2.15. The Morgan fingerprint density at radius 3 is 2.40 bits per heavy atom. The molecule has 1 atom stereocenters. The summed E-state index contributed by atoms with van der Waals surface area (Å²) >= 11 is 5.83. The third-order valence-corrected chi connectivity index (χ3v) is 6.34. The van der Waals surface area contributed by atoms with Crippen LogP contribution in [0.5, 0.6) is 0 Å². The average Bonchev–Trinajstić information content (AvgIpc) is 2.46. The van der Waals surface area contributed by atoms with Gasteiger partial charge in [0, 0.05) is 9.75 Å². The molecule has 0 N–H and O–H groups in total. The zero-order chi connectivity index (χ0) is 11.1. The summed E-state index contributed by atoms with van der Waals surface area (Å²) in [7, 11) is 0. The monoisotopic (exact) mass is 286 g/mol. The minimum atomic E-state index is 0.301. The molecule has 0 aromatic carbocycles. The van der Waals surface area contributed by atoms with Crippen molar-refractivity contribution in [1.82, 2.24) is 0 Å². The standard InChI is InChI=1S/C13H19BrS/c1-13(2,3)11-8-7-10(15-11)12(14)9-5-4-6-9/h7-9,12H,4-6H2,1-3H3. The molecule has 0 saturated heterocycles. The van der Waals surface area contributed by atoms with Gasteiger partial charge in [0.05, 0.1) is 4.83 Å². The Hall–Kier alpha value is 0.180. The summed E-state index contributed by atoms with van der Waals surface area (Å²) in [5, 5.41) is 0. The normalized spacial score (nSPS) is 20.0. The minimum absolute atomic E-state index is 0.301. The number of thiophene rings is 1. The van der Waals surface area contributed by atoms with E-state index < -0.39 is 0 Å².